The third-order valence-electron chi connectivity index (χ3n) is 3.24. The molecule has 1 aromatic carbocycles. The molecular formula is C16H24N2O2. The van der Waals surface area contributed by atoms with E-state index < -0.39 is 0 Å². The lowest BCUT2D eigenvalue weighted by atomic mass is 10.2. The number of hydrogen-bond acceptors (Lipinski definition) is 3. The molecule has 0 N–H and O–H groups in total. The van der Waals surface area contributed by atoms with Crippen molar-refractivity contribution in [3.05, 3.63) is 30.1 Å². The van der Waals surface area contributed by atoms with E-state index >= 15 is 0 Å². The standard InChI is InChI=1S/C16H24N2O2/c1-5-19-15(20-6-2)11-18-14-10-8-7-9-13(14)17-16(18)12(3)4/h7-10,12,15H,5-6,11H2,1-4H3. The predicted molar refractivity (Wildman–Crippen MR) is 80.9 cm³/mol. The Kier molecular flexibility index (Phi) is 5.15. The number of aromatic nitrogens is 2. The molecule has 0 aliphatic carbocycles. The normalized spacial score (nSPS) is 11.9. The summed E-state index contributed by atoms with van der Waals surface area (Å²) in [6, 6.07) is 8.21. The van der Waals surface area contributed by atoms with Crippen molar-refractivity contribution in [3.63, 3.8) is 0 Å². The minimum atomic E-state index is -0.222. The second-order valence-corrected chi connectivity index (χ2v) is 5.06. The molecular weight excluding hydrogens is 252 g/mol. The average molecular weight is 276 g/mol. The predicted octanol–water partition coefficient (Wildman–Crippen LogP) is 3.56. The molecule has 0 spiro atoms. The summed E-state index contributed by atoms with van der Waals surface area (Å²) in [7, 11) is 0. The van der Waals surface area contributed by atoms with Gasteiger partial charge in [0.05, 0.1) is 17.6 Å². The Morgan fingerprint density at radius 2 is 1.75 bits per heavy atom. The highest BCUT2D eigenvalue weighted by atomic mass is 16.7. The van der Waals surface area contributed by atoms with Gasteiger partial charge in [0.1, 0.15) is 5.82 Å². The summed E-state index contributed by atoms with van der Waals surface area (Å²) in [5, 5.41) is 0. The van der Waals surface area contributed by atoms with Crippen LogP contribution in [0.2, 0.25) is 0 Å². The van der Waals surface area contributed by atoms with E-state index in [1.807, 2.05) is 32.0 Å². The van der Waals surface area contributed by atoms with Gasteiger partial charge in [-0.1, -0.05) is 26.0 Å². The van der Waals surface area contributed by atoms with Crippen molar-refractivity contribution >= 4 is 11.0 Å². The second-order valence-electron chi connectivity index (χ2n) is 5.06. The number of benzene rings is 1. The molecule has 0 unspecified atom stereocenters. The lowest BCUT2D eigenvalue weighted by Crippen LogP contribution is -2.25. The lowest BCUT2D eigenvalue weighted by molar-refractivity contribution is -0.143. The third kappa shape index (κ3) is 3.19. The summed E-state index contributed by atoms with van der Waals surface area (Å²) < 4.78 is 13.6. The maximum absolute atomic E-state index is 5.67. The van der Waals surface area contributed by atoms with Gasteiger partial charge >= 0.3 is 0 Å². The Bertz CT molecular complexity index is 542. The van der Waals surface area contributed by atoms with Gasteiger partial charge in [0.15, 0.2) is 6.29 Å². The number of imidazole rings is 1. The van der Waals surface area contributed by atoms with E-state index in [-0.39, 0.29) is 6.29 Å². The number of hydrogen-bond donors (Lipinski definition) is 0. The first kappa shape index (κ1) is 15.0. The smallest absolute Gasteiger partial charge is 0.175 e. The minimum absolute atomic E-state index is 0.222. The van der Waals surface area contributed by atoms with E-state index in [0.717, 1.165) is 16.9 Å². The first-order chi connectivity index (χ1) is 9.67. The Balaban J connectivity index is 2.37. The fraction of sp³-hybridized carbons (Fsp3) is 0.562. The molecule has 0 aliphatic rings. The largest absolute Gasteiger partial charge is 0.351 e. The molecule has 0 radical (unpaired) electrons. The van der Waals surface area contributed by atoms with E-state index in [2.05, 4.69) is 24.5 Å². The molecule has 0 aliphatic heterocycles. The zero-order chi connectivity index (χ0) is 14.5. The summed E-state index contributed by atoms with van der Waals surface area (Å²) in [4.78, 5) is 4.74. The van der Waals surface area contributed by atoms with Crippen LogP contribution in [0, 0.1) is 0 Å². The summed E-state index contributed by atoms with van der Waals surface area (Å²) in [5.74, 6) is 1.45. The van der Waals surface area contributed by atoms with E-state index in [1.165, 1.54) is 0 Å². The van der Waals surface area contributed by atoms with Gasteiger partial charge in [0, 0.05) is 19.1 Å². The fourth-order valence-corrected chi connectivity index (χ4v) is 2.40. The van der Waals surface area contributed by atoms with E-state index in [4.69, 9.17) is 14.5 Å². The van der Waals surface area contributed by atoms with Gasteiger partial charge in [-0.2, -0.15) is 0 Å². The summed E-state index contributed by atoms with van der Waals surface area (Å²) in [6.07, 6.45) is -0.222. The molecule has 2 aromatic rings. The van der Waals surface area contributed by atoms with Crippen LogP contribution in [0.15, 0.2) is 24.3 Å². The van der Waals surface area contributed by atoms with Crippen LogP contribution in [-0.4, -0.2) is 29.1 Å². The van der Waals surface area contributed by atoms with Crippen molar-refractivity contribution in [3.8, 4) is 0 Å². The van der Waals surface area contributed by atoms with Crippen molar-refractivity contribution in [1.82, 2.24) is 9.55 Å². The maximum atomic E-state index is 5.67. The van der Waals surface area contributed by atoms with Crippen LogP contribution in [0.25, 0.3) is 11.0 Å². The van der Waals surface area contributed by atoms with Crippen LogP contribution in [0.5, 0.6) is 0 Å². The summed E-state index contributed by atoms with van der Waals surface area (Å²) in [6.45, 7) is 10.3. The minimum Gasteiger partial charge on any atom is -0.351 e. The monoisotopic (exact) mass is 276 g/mol. The first-order valence-corrected chi connectivity index (χ1v) is 7.35. The van der Waals surface area contributed by atoms with Gasteiger partial charge in [-0.3, -0.25) is 0 Å². The zero-order valence-corrected chi connectivity index (χ0v) is 12.8. The molecule has 0 bridgehead atoms. The van der Waals surface area contributed by atoms with E-state index in [0.29, 0.717) is 25.7 Å². The Labute approximate surface area is 120 Å². The molecule has 0 amide bonds. The Morgan fingerprint density at radius 1 is 1.10 bits per heavy atom. The highest BCUT2D eigenvalue weighted by molar-refractivity contribution is 5.76. The van der Waals surface area contributed by atoms with Gasteiger partial charge in [0.2, 0.25) is 0 Å². The van der Waals surface area contributed by atoms with Gasteiger partial charge < -0.3 is 14.0 Å². The molecule has 110 valence electrons. The molecule has 4 nitrogen and oxygen atoms in total. The number of rotatable bonds is 7. The molecule has 2 rings (SSSR count). The van der Waals surface area contributed by atoms with Crippen LogP contribution in [0.4, 0.5) is 0 Å². The van der Waals surface area contributed by atoms with Crippen LogP contribution in [0.1, 0.15) is 39.4 Å². The first-order valence-electron chi connectivity index (χ1n) is 7.35. The molecule has 1 heterocycles. The molecule has 4 heteroatoms. The molecule has 0 fully saturated rings. The van der Waals surface area contributed by atoms with Crippen molar-refractivity contribution in [2.75, 3.05) is 13.2 Å². The third-order valence-corrected chi connectivity index (χ3v) is 3.24. The van der Waals surface area contributed by atoms with E-state index in [1.54, 1.807) is 0 Å². The maximum Gasteiger partial charge on any atom is 0.175 e. The summed E-state index contributed by atoms with van der Waals surface area (Å²) >= 11 is 0. The SMILES string of the molecule is CCOC(Cn1c(C(C)C)nc2ccccc21)OCC. The molecule has 0 saturated carbocycles. The zero-order valence-electron chi connectivity index (χ0n) is 12.8. The van der Waals surface area contributed by atoms with Gasteiger partial charge in [-0.05, 0) is 26.0 Å². The Hall–Kier alpha value is -1.39. The highest BCUT2D eigenvalue weighted by Crippen LogP contribution is 2.22. The molecule has 0 saturated heterocycles. The van der Waals surface area contributed by atoms with Crippen LogP contribution < -0.4 is 0 Å². The van der Waals surface area contributed by atoms with E-state index in [9.17, 15) is 0 Å². The van der Waals surface area contributed by atoms with Crippen molar-refractivity contribution in [1.29, 1.82) is 0 Å². The quantitative estimate of drug-likeness (QED) is 0.725. The number of ether oxygens (including phenoxy) is 2. The van der Waals surface area contributed by atoms with Crippen molar-refractivity contribution < 1.29 is 9.47 Å². The number of fused-ring (bicyclic) bond motifs is 1. The van der Waals surface area contributed by atoms with Gasteiger partial charge in [-0.25, -0.2) is 4.98 Å². The van der Waals surface area contributed by atoms with Crippen LogP contribution in [0.3, 0.4) is 0 Å². The average Bonchev–Trinajstić information content (AvgIpc) is 2.79. The number of nitrogens with zero attached hydrogens (tertiary/aromatic N) is 2. The van der Waals surface area contributed by atoms with Crippen LogP contribution in [-0.2, 0) is 16.0 Å². The summed E-state index contributed by atoms with van der Waals surface area (Å²) in [5.41, 5.74) is 2.17. The lowest BCUT2D eigenvalue weighted by Gasteiger charge is -2.20. The molecule has 20 heavy (non-hydrogen) atoms. The second kappa shape index (κ2) is 6.86. The fourth-order valence-electron chi connectivity index (χ4n) is 2.40. The van der Waals surface area contributed by atoms with Gasteiger partial charge in [0.25, 0.3) is 0 Å². The number of para-hydroxylation sites is 2. The highest BCUT2D eigenvalue weighted by Gasteiger charge is 2.17. The van der Waals surface area contributed by atoms with Gasteiger partial charge in [-0.15, -0.1) is 0 Å². The molecule has 0 atom stereocenters. The topological polar surface area (TPSA) is 36.3 Å². The molecule has 1 aromatic heterocycles. The van der Waals surface area contributed by atoms with Crippen molar-refractivity contribution in [2.24, 2.45) is 0 Å². The van der Waals surface area contributed by atoms with Crippen molar-refractivity contribution in [2.45, 2.75) is 46.4 Å². The van der Waals surface area contributed by atoms with Crippen LogP contribution >= 0.6 is 0 Å². The Morgan fingerprint density at radius 3 is 2.35 bits per heavy atom.